The van der Waals surface area contributed by atoms with Gasteiger partial charge in [0.1, 0.15) is 0 Å². The van der Waals surface area contributed by atoms with Gasteiger partial charge in [-0.05, 0) is 12.8 Å². The molecule has 0 spiro atoms. The summed E-state index contributed by atoms with van der Waals surface area (Å²) in [6.45, 7) is 4.38. The van der Waals surface area contributed by atoms with Gasteiger partial charge in [-0.1, -0.05) is 76.8 Å². The van der Waals surface area contributed by atoms with E-state index in [1.807, 2.05) is 0 Å². The first-order chi connectivity index (χ1) is 10.3. The molecule has 2 N–H and O–H groups in total. The molecule has 0 aliphatic carbocycles. The standard InChI is InChI=1S/C17H33N3O/c1-3-5-6-7-8-9-10-11-12-14-16-19-17(20-21-16)15(18)13-4-2/h15H,3-14,18H2,1-2H3. The molecule has 0 aromatic carbocycles. The molecule has 0 saturated heterocycles. The number of unbranched alkanes of at least 4 members (excludes halogenated alkanes) is 8. The molecule has 1 unspecified atom stereocenters. The number of rotatable bonds is 13. The minimum Gasteiger partial charge on any atom is -0.339 e. The summed E-state index contributed by atoms with van der Waals surface area (Å²) in [6.07, 6.45) is 14.8. The summed E-state index contributed by atoms with van der Waals surface area (Å²) in [5, 5.41) is 3.98. The first-order valence-electron chi connectivity index (χ1n) is 8.86. The van der Waals surface area contributed by atoms with Crippen LogP contribution in [0.15, 0.2) is 4.52 Å². The van der Waals surface area contributed by atoms with Gasteiger partial charge in [-0.2, -0.15) is 4.98 Å². The Morgan fingerprint density at radius 1 is 0.905 bits per heavy atom. The highest BCUT2D eigenvalue weighted by Gasteiger charge is 2.12. The summed E-state index contributed by atoms with van der Waals surface area (Å²) in [7, 11) is 0. The van der Waals surface area contributed by atoms with Gasteiger partial charge in [0.25, 0.3) is 0 Å². The normalized spacial score (nSPS) is 12.7. The second kappa shape index (κ2) is 11.7. The second-order valence-electron chi connectivity index (χ2n) is 6.02. The zero-order chi connectivity index (χ0) is 15.3. The molecule has 0 bridgehead atoms. The SMILES string of the molecule is CCCCCCCCCCCc1nc(C(N)CCC)no1. The molecule has 0 saturated carbocycles. The third kappa shape index (κ3) is 8.20. The van der Waals surface area contributed by atoms with Crippen LogP contribution in [0.25, 0.3) is 0 Å². The van der Waals surface area contributed by atoms with Crippen molar-refractivity contribution >= 4 is 0 Å². The first-order valence-corrected chi connectivity index (χ1v) is 8.86. The molecule has 1 aromatic heterocycles. The van der Waals surface area contributed by atoms with Crippen molar-refractivity contribution in [2.75, 3.05) is 0 Å². The van der Waals surface area contributed by atoms with Gasteiger partial charge in [-0.15, -0.1) is 0 Å². The van der Waals surface area contributed by atoms with Gasteiger partial charge >= 0.3 is 0 Å². The van der Waals surface area contributed by atoms with Crippen molar-refractivity contribution in [3.05, 3.63) is 11.7 Å². The molecule has 0 amide bonds. The lowest BCUT2D eigenvalue weighted by Gasteiger charge is -2.02. The van der Waals surface area contributed by atoms with Gasteiger partial charge in [0.2, 0.25) is 5.89 Å². The zero-order valence-corrected chi connectivity index (χ0v) is 13.9. The molecule has 1 aromatic rings. The molecule has 0 aliphatic heterocycles. The Kier molecular flexibility index (Phi) is 10.1. The maximum absolute atomic E-state index is 5.98. The molecule has 4 nitrogen and oxygen atoms in total. The zero-order valence-electron chi connectivity index (χ0n) is 13.9. The lowest BCUT2D eigenvalue weighted by Crippen LogP contribution is -2.11. The third-order valence-corrected chi connectivity index (χ3v) is 3.91. The van der Waals surface area contributed by atoms with E-state index < -0.39 is 0 Å². The van der Waals surface area contributed by atoms with Crippen molar-refractivity contribution in [3.63, 3.8) is 0 Å². The highest BCUT2D eigenvalue weighted by molar-refractivity contribution is 4.92. The minimum atomic E-state index is -0.0735. The molecule has 4 heteroatoms. The molecule has 0 radical (unpaired) electrons. The average Bonchev–Trinajstić information content (AvgIpc) is 2.95. The highest BCUT2D eigenvalue weighted by atomic mass is 16.5. The molecule has 122 valence electrons. The number of nitrogens with two attached hydrogens (primary N) is 1. The third-order valence-electron chi connectivity index (χ3n) is 3.91. The van der Waals surface area contributed by atoms with Gasteiger partial charge in [0, 0.05) is 6.42 Å². The summed E-state index contributed by atoms with van der Waals surface area (Å²) < 4.78 is 5.26. The number of nitrogens with zero attached hydrogens (tertiary/aromatic N) is 2. The monoisotopic (exact) mass is 295 g/mol. The summed E-state index contributed by atoms with van der Waals surface area (Å²) >= 11 is 0. The van der Waals surface area contributed by atoms with Crippen molar-refractivity contribution in [2.24, 2.45) is 5.73 Å². The lowest BCUT2D eigenvalue weighted by atomic mass is 10.1. The van der Waals surface area contributed by atoms with Gasteiger partial charge in [-0.3, -0.25) is 0 Å². The van der Waals surface area contributed by atoms with Crippen molar-refractivity contribution in [2.45, 2.75) is 96.9 Å². The van der Waals surface area contributed by atoms with Crippen LogP contribution in [0, 0.1) is 0 Å². The van der Waals surface area contributed by atoms with Crippen LogP contribution in [-0.2, 0) is 6.42 Å². The Morgan fingerprint density at radius 3 is 2.14 bits per heavy atom. The Labute approximate surface area is 129 Å². The Hall–Kier alpha value is -0.900. The molecule has 0 aliphatic rings. The predicted molar refractivity (Wildman–Crippen MR) is 87.1 cm³/mol. The van der Waals surface area contributed by atoms with E-state index in [1.165, 1.54) is 51.4 Å². The highest BCUT2D eigenvalue weighted by Crippen LogP contribution is 2.14. The van der Waals surface area contributed by atoms with Crippen LogP contribution in [0.1, 0.15) is 102 Å². The topological polar surface area (TPSA) is 64.9 Å². The second-order valence-corrected chi connectivity index (χ2v) is 6.02. The lowest BCUT2D eigenvalue weighted by molar-refractivity contribution is 0.364. The molecular formula is C17H33N3O. The van der Waals surface area contributed by atoms with E-state index >= 15 is 0 Å². The van der Waals surface area contributed by atoms with E-state index in [1.54, 1.807) is 0 Å². The maximum atomic E-state index is 5.98. The van der Waals surface area contributed by atoms with Crippen LogP contribution in [0.5, 0.6) is 0 Å². The fraction of sp³-hybridized carbons (Fsp3) is 0.882. The molecule has 0 fully saturated rings. The van der Waals surface area contributed by atoms with Crippen molar-refractivity contribution < 1.29 is 4.52 Å². The van der Waals surface area contributed by atoms with E-state index in [9.17, 15) is 0 Å². The summed E-state index contributed by atoms with van der Waals surface area (Å²) in [6, 6.07) is -0.0735. The van der Waals surface area contributed by atoms with Crippen molar-refractivity contribution in [1.82, 2.24) is 10.1 Å². The van der Waals surface area contributed by atoms with Crippen LogP contribution in [-0.4, -0.2) is 10.1 Å². The van der Waals surface area contributed by atoms with Gasteiger partial charge in [0.15, 0.2) is 5.82 Å². The summed E-state index contributed by atoms with van der Waals surface area (Å²) in [4.78, 5) is 4.39. The summed E-state index contributed by atoms with van der Waals surface area (Å²) in [5.74, 6) is 1.42. The molecule has 21 heavy (non-hydrogen) atoms. The van der Waals surface area contributed by atoms with Crippen LogP contribution in [0.3, 0.4) is 0 Å². The smallest absolute Gasteiger partial charge is 0.226 e. The van der Waals surface area contributed by atoms with Gasteiger partial charge < -0.3 is 10.3 Å². The molecule has 1 rings (SSSR count). The average molecular weight is 295 g/mol. The van der Waals surface area contributed by atoms with E-state index in [-0.39, 0.29) is 6.04 Å². The number of aryl methyl sites for hydroxylation is 1. The predicted octanol–water partition coefficient (Wildman–Crippen LogP) is 4.94. The minimum absolute atomic E-state index is 0.0735. The maximum Gasteiger partial charge on any atom is 0.226 e. The van der Waals surface area contributed by atoms with E-state index in [4.69, 9.17) is 10.3 Å². The Balaban J connectivity index is 2.03. The van der Waals surface area contributed by atoms with Crippen LogP contribution >= 0.6 is 0 Å². The molecular weight excluding hydrogens is 262 g/mol. The van der Waals surface area contributed by atoms with Crippen molar-refractivity contribution in [3.8, 4) is 0 Å². The molecule has 1 atom stereocenters. The van der Waals surface area contributed by atoms with Gasteiger partial charge in [0.05, 0.1) is 6.04 Å². The van der Waals surface area contributed by atoms with E-state index in [2.05, 4.69) is 24.0 Å². The largest absolute Gasteiger partial charge is 0.339 e. The Bertz CT molecular complexity index is 352. The van der Waals surface area contributed by atoms with Crippen LogP contribution < -0.4 is 5.73 Å². The van der Waals surface area contributed by atoms with Crippen LogP contribution in [0.2, 0.25) is 0 Å². The fourth-order valence-electron chi connectivity index (χ4n) is 2.55. The summed E-state index contributed by atoms with van der Waals surface area (Å²) in [5.41, 5.74) is 5.98. The quantitative estimate of drug-likeness (QED) is 0.523. The van der Waals surface area contributed by atoms with E-state index in [0.717, 1.165) is 31.6 Å². The number of hydrogen-bond donors (Lipinski definition) is 1. The number of hydrogen-bond acceptors (Lipinski definition) is 4. The van der Waals surface area contributed by atoms with Crippen molar-refractivity contribution in [1.29, 1.82) is 0 Å². The van der Waals surface area contributed by atoms with Gasteiger partial charge in [-0.25, -0.2) is 0 Å². The Morgan fingerprint density at radius 2 is 1.52 bits per heavy atom. The number of aromatic nitrogens is 2. The molecule has 1 heterocycles. The van der Waals surface area contributed by atoms with E-state index in [0.29, 0.717) is 5.82 Å². The van der Waals surface area contributed by atoms with Crippen LogP contribution in [0.4, 0.5) is 0 Å². The first kappa shape index (κ1) is 18.1. The fourth-order valence-corrected chi connectivity index (χ4v) is 2.55.